The maximum absolute atomic E-state index is 13.2. The number of rotatable bonds is 10. The van der Waals surface area contributed by atoms with Gasteiger partial charge >= 0.3 is 0 Å². The molecule has 10 heteroatoms. The van der Waals surface area contributed by atoms with E-state index in [9.17, 15) is 14.0 Å². The first-order valence-corrected chi connectivity index (χ1v) is 13.3. The smallest absolute Gasteiger partial charge is 0.238 e. The summed E-state index contributed by atoms with van der Waals surface area (Å²) in [6.07, 6.45) is 7.65. The van der Waals surface area contributed by atoms with Gasteiger partial charge in [-0.2, -0.15) is 0 Å². The lowest BCUT2D eigenvalue weighted by atomic mass is 9.88. The topological polar surface area (TPSA) is 107 Å². The Kier molecular flexibility index (Phi) is 6.96. The molecule has 0 amide bonds. The summed E-state index contributed by atoms with van der Waals surface area (Å²) in [5.74, 6) is 1.19. The molecule has 1 N–H and O–H groups in total. The Morgan fingerprint density at radius 2 is 1.71 bits per heavy atom. The van der Waals surface area contributed by atoms with Crippen LogP contribution in [0.3, 0.4) is 0 Å². The van der Waals surface area contributed by atoms with Gasteiger partial charge < -0.3 is 14.5 Å². The number of H-pyrrole nitrogens is 1. The van der Waals surface area contributed by atoms with E-state index in [1.165, 1.54) is 18.3 Å². The zero-order chi connectivity index (χ0) is 28.6. The van der Waals surface area contributed by atoms with Crippen molar-refractivity contribution >= 4 is 34.1 Å². The van der Waals surface area contributed by atoms with Gasteiger partial charge in [-0.3, -0.25) is 14.6 Å². The Hall–Kier alpha value is -4.63. The average molecular weight is 571 g/mol. The van der Waals surface area contributed by atoms with Crippen molar-refractivity contribution in [1.82, 2.24) is 19.9 Å². The first kappa shape index (κ1) is 26.6. The summed E-state index contributed by atoms with van der Waals surface area (Å²) in [5.41, 5.74) is 1.64. The van der Waals surface area contributed by atoms with E-state index in [0.29, 0.717) is 52.2 Å². The second kappa shape index (κ2) is 10.7. The Labute approximate surface area is 239 Å². The zero-order valence-corrected chi connectivity index (χ0v) is 22.7. The van der Waals surface area contributed by atoms with Crippen molar-refractivity contribution < 1.29 is 23.5 Å². The summed E-state index contributed by atoms with van der Waals surface area (Å²) in [6.45, 7) is 0. The fourth-order valence-electron chi connectivity index (χ4n) is 4.89. The minimum Gasteiger partial charge on any atom is -0.496 e. The van der Waals surface area contributed by atoms with Crippen LogP contribution in [0.15, 0.2) is 73.3 Å². The maximum atomic E-state index is 13.2. The van der Waals surface area contributed by atoms with Crippen molar-refractivity contribution in [2.24, 2.45) is 5.41 Å². The zero-order valence-electron chi connectivity index (χ0n) is 22.0. The number of hydrogen-bond donors (Lipinski definition) is 1. The summed E-state index contributed by atoms with van der Waals surface area (Å²) in [4.78, 5) is 42.4. The Balaban J connectivity index is 1.20. The Morgan fingerprint density at radius 1 is 0.951 bits per heavy atom. The normalized spacial score (nSPS) is 13.6. The standard InChI is InChI=1S/C31H24ClFN4O4/c1-40-26-16-24-21(15-22(26)29-35-10-11-36-29)25(6-9-34-24)41-30-23(32)12-19(17-37-30)14-28(39)31(7-8-31)27(38)13-18-2-4-20(33)5-3-18/h2-6,9-12,15-17H,7-8,13-14H2,1H3,(H,35,36). The first-order valence-electron chi connectivity index (χ1n) is 13.0. The molecule has 206 valence electrons. The van der Waals surface area contributed by atoms with Crippen molar-refractivity contribution in [3.8, 4) is 28.8 Å². The number of imidazole rings is 1. The number of halogens is 2. The molecule has 1 aliphatic rings. The quantitative estimate of drug-likeness (QED) is 0.196. The molecule has 0 bridgehead atoms. The molecule has 0 spiro atoms. The van der Waals surface area contributed by atoms with Crippen LogP contribution in [0.1, 0.15) is 24.0 Å². The highest BCUT2D eigenvalue weighted by atomic mass is 35.5. The highest BCUT2D eigenvalue weighted by Gasteiger charge is 2.54. The average Bonchev–Trinajstić information content (AvgIpc) is 3.62. The van der Waals surface area contributed by atoms with Crippen LogP contribution in [-0.2, 0) is 22.4 Å². The fraction of sp³-hybridized carbons (Fsp3) is 0.194. The minimum atomic E-state index is -1.00. The molecule has 8 nitrogen and oxygen atoms in total. The van der Waals surface area contributed by atoms with Crippen LogP contribution >= 0.6 is 11.6 Å². The number of ether oxygens (including phenoxy) is 2. The second-order valence-electron chi connectivity index (χ2n) is 9.96. The second-order valence-corrected chi connectivity index (χ2v) is 10.4. The molecule has 0 saturated heterocycles. The van der Waals surface area contributed by atoms with Crippen molar-refractivity contribution in [3.05, 3.63) is 95.3 Å². The van der Waals surface area contributed by atoms with Crippen molar-refractivity contribution in [2.75, 3.05) is 7.11 Å². The Bertz CT molecular complexity index is 1770. The third-order valence-corrected chi connectivity index (χ3v) is 7.58. The van der Waals surface area contributed by atoms with Gasteiger partial charge in [0, 0.05) is 49.1 Å². The van der Waals surface area contributed by atoms with Crippen LogP contribution in [-0.4, -0.2) is 38.6 Å². The molecule has 0 unspecified atom stereocenters. The van der Waals surface area contributed by atoms with Gasteiger partial charge in [0.1, 0.15) is 28.2 Å². The van der Waals surface area contributed by atoms with E-state index < -0.39 is 5.41 Å². The number of aromatic nitrogens is 4. The number of ketones is 2. The summed E-state index contributed by atoms with van der Waals surface area (Å²) in [7, 11) is 1.58. The number of nitrogens with one attached hydrogen (secondary N) is 1. The third-order valence-electron chi connectivity index (χ3n) is 7.31. The molecular formula is C31H24ClFN4O4. The fourth-order valence-corrected chi connectivity index (χ4v) is 5.12. The maximum Gasteiger partial charge on any atom is 0.238 e. The van der Waals surface area contributed by atoms with Gasteiger partial charge in [0.25, 0.3) is 0 Å². The molecule has 0 aliphatic heterocycles. The lowest BCUT2D eigenvalue weighted by Crippen LogP contribution is -2.29. The number of methoxy groups -OCH3 is 1. The van der Waals surface area contributed by atoms with Gasteiger partial charge in [-0.15, -0.1) is 0 Å². The predicted octanol–water partition coefficient (Wildman–Crippen LogP) is 6.32. The number of benzene rings is 2. The molecule has 1 saturated carbocycles. The van der Waals surface area contributed by atoms with Gasteiger partial charge in [-0.05, 0) is 54.3 Å². The molecule has 6 rings (SSSR count). The summed E-state index contributed by atoms with van der Waals surface area (Å²) >= 11 is 6.54. The largest absolute Gasteiger partial charge is 0.496 e. The van der Waals surface area contributed by atoms with Gasteiger partial charge in [-0.25, -0.2) is 14.4 Å². The molecule has 3 aromatic heterocycles. The van der Waals surface area contributed by atoms with Crippen LogP contribution in [0.4, 0.5) is 4.39 Å². The van der Waals surface area contributed by atoms with Gasteiger partial charge in [0.2, 0.25) is 5.88 Å². The number of nitrogens with zero attached hydrogens (tertiary/aromatic N) is 3. The van der Waals surface area contributed by atoms with E-state index in [4.69, 9.17) is 21.1 Å². The lowest BCUT2D eigenvalue weighted by molar-refractivity contribution is -0.133. The van der Waals surface area contributed by atoms with Crippen molar-refractivity contribution in [2.45, 2.75) is 25.7 Å². The van der Waals surface area contributed by atoms with Crippen LogP contribution < -0.4 is 9.47 Å². The number of carbonyl (C=O) groups is 2. The number of Topliss-reactive ketones (excluding diaryl/α,β-unsaturated/α-hetero) is 2. The number of carbonyl (C=O) groups excluding carboxylic acids is 2. The highest BCUT2D eigenvalue weighted by Crippen LogP contribution is 2.49. The minimum absolute atomic E-state index is 0.0205. The molecule has 5 aromatic rings. The molecule has 1 fully saturated rings. The summed E-state index contributed by atoms with van der Waals surface area (Å²) in [6, 6.07) is 12.8. The van der Waals surface area contributed by atoms with Gasteiger partial charge in [-0.1, -0.05) is 23.7 Å². The monoisotopic (exact) mass is 570 g/mol. The van der Waals surface area contributed by atoms with E-state index in [0.717, 1.165) is 5.56 Å². The van der Waals surface area contributed by atoms with Crippen LogP contribution in [0, 0.1) is 11.2 Å². The van der Waals surface area contributed by atoms with E-state index in [1.807, 2.05) is 6.07 Å². The SMILES string of the molecule is COc1cc2nccc(Oc3ncc(CC(=O)C4(C(=O)Cc5ccc(F)cc5)CC4)cc3Cl)c2cc1-c1ncc[nH]1. The van der Waals surface area contributed by atoms with Crippen LogP contribution in [0.2, 0.25) is 5.02 Å². The molecule has 1 aliphatic carbocycles. The molecule has 3 heterocycles. The van der Waals surface area contributed by atoms with Gasteiger partial charge in [0.15, 0.2) is 11.6 Å². The highest BCUT2D eigenvalue weighted by molar-refractivity contribution is 6.32. The number of fused-ring (bicyclic) bond motifs is 1. The van der Waals surface area contributed by atoms with E-state index >= 15 is 0 Å². The van der Waals surface area contributed by atoms with Crippen molar-refractivity contribution in [1.29, 1.82) is 0 Å². The third kappa shape index (κ3) is 5.28. The van der Waals surface area contributed by atoms with Gasteiger partial charge in [0.05, 0.1) is 23.6 Å². The summed E-state index contributed by atoms with van der Waals surface area (Å²) < 4.78 is 24.9. The van der Waals surface area contributed by atoms with E-state index in [2.05, 4.69) is 19.9 Å². The van der Waals surface area contributed by atoms with Crippen molar-refractivity contribution in [3.63, 3.8) is 0 Å². The molecule has 0 radical (unpaired) electrons. The summed E-state index contributed by atoms with van der Waals surface area (Å²) in [5, 5.41) is 0.926. The molecule has 41 heavy (non-hydrogen) atoms. The van der Waals surface area contributed by atoms with Crippen LogP contribution in [0.25, 0.3) is 22.3 Å². The first-order chi connectivity index (χ1) is 19.9. The van der Waals surface area contributed by atoms with E-state index in [-0.39, 0.29) is 41.1 Å². The molecule has 2 aromatic carbocycles. The number of aromatic amines is 1. The number of hydrogen-bond acceptors (Lipinski definition) is 7. The van der Waals surface area contributed by atoms with E-state index in [1.54, 1.807) is 56.0 Å². The Morgan fingerprint density at radius 3 is 2.37 bits per heavy atom. The molecule has 0 atom stereocenters. The predicted molar refractivity (Wildman–Crippen MR) is 151 cm³/mol. The molecular weight excluding hydrogens is 547 g/mol. The number of pyridine rings is 2. The van der Waals surface area contributed by atoms with Crippen LogP contribution in [0.5, 0.6) is 17.4 Å². The lowest BCUT2D eigenvalue weighted by Gasteiger charge is -2.14.